The molecule has 2 N–H and O–H groups in total. The molecule has 0 unspecified atom stereocenters. The fourth-order valence-corrected chi connectivity index (χ4v) is 1.27. The third-order valence-corrected chi connectivity index (χ3v) is 2.49. The molecule has 0 radical (unpaired) electrons. The fraction of sp³-hybridized carbons (Fsp3) is 0.333. The van der Waals surface area contributed by atoms with Crippen LogP contribution in [0.3, 0.4) is 0 Å². The first-order valence-corrected chi connectivity index (χ1v) is 5.20. The number of hydrazine groups is 1. The van der Waals surface area contributed by atoms with E-state index in [2.05, 4.69) is 10.9 Å². The highest BCUT2D eigenvalue weighted by atomic mass is 127. The summed E-state index contributed by atoms with van der Waals surface area (Å²) in [5.41, 5.74) is 6.62. The van der Waals surface area contributed by atoms with Crippen LogP contribution in [-0.4, -0.2) is 13.8 Å². The van der Waals surface area contributed by atoms with Gasteiger partial charge in [-0.2, -0.15) is 0 Å². The van der Waals surface area contributed by atoms with Crippen molar-refractivity contribution in [3.05, 3.63) is 33.1 Å². The molecule has 1 aromatic rings. The van der Waals surface area contributed by atoms with Gasteiger partial charge in [-0.25, -0.2) is 9.82 Å². The summed E-state index contributed by atoms with van der Waals surface area (Å²) in [5.74, 6) is -0.184. The first kappa shape index (κ1) is 11.8. The van der Waals surface area contributed by atoms with E-state index in [1.54, 1.807) is 13.2 Å². The Balaban J connectivity index is 2.39. The molecule has 0 bridgehead atoms. The first-order chi connectivity index (χ1) is 6.74. The van der Waals surface area contributed by atoms with E-state index in [0.29, 0.717) is 16.8 Å². The lowest BCUT2D eigenvalue weighted by Crippen LogP contribution is -2.32. The van der Waals surface area contributed by atoms with Crippen molar-refractivity contribution in [3.8, 4) is 0 Å². The van der Waals surface area contributed by atoms with Gasteiger partial charge in [-0.1, -0.05) is 6.07 Å². The molecule has 0 fully saturated rings. The van der Waals surface area contributed by atoms with Gasteiger partial charge in [0.1, 0.15) is 12.5 Å². The van der Waals surface area contributed by atoms with Gasteiger partial charge in [0.2, 0.25) is 0 Å². The van der Waals surface area contributed by atoms with E-state index >= 15 is 0 Å². The molecule has 0 aromatic heterocycles. The van der Waals surface area contributed by atoms with E-state index in [-0.39, 0.29) is 5.82 Å². The molecule has 0 amide bonds. The Kier molecular flexibility index (Phi) is 5.31. The van der Waals surface area contributed by atoms with Crippen LogP contribution in [0.2, 0.25) is 0 Å². The maximum Gasteiger partial charge on any atom is 0.136 e. The SMILES string of the molecule is COCNNCc1ccc(I)c(F)c1. The average molecular weight is 310 g/mol. The van der Waals surface area contributed by atoms with Crippen molar-refractivity contribution < 1.29 is 9.13 Å². The van der Waals surface area contributed by atoms with Gasteiger partial charge in [0.05, 0.1) is 0 Å². The number of ether oxygens (including phenoxy) is 1. The number of hydrogen-bond acceptors (Lipinski definition) is 3. The van der Waals surface area contributed by atoms with Crippen molar-refractivity contribution in [1.29, 1.82) is 0 Å². The minimum atomic E-state index is -0.184. The predicted octanol–water partition coefficient (Wildman–Crippen LogP) is 1.63. The Hall–Kier alpha value is -0.240. The lowest BCUT2D eigenvalue weighted by molar-refractivity contribution is 0.160. The van der Waals surface area contributed by atoms with Crippen LogP contribution in [-0.2, 0) is 11.3 Å². The van der Waals surface area contributed by atoms with Crippen molar-refractivity contribution in [2.24, 2.45) is 0 Å². The quantitative estimate of drug-likeness (QED) is 0.375. The highest BCUT2D eigenvalue weighted by Gasteiger charge is 1.99. The molecule has 0 spiro atoms. The summed E-state index contributed by atoms with van der Waals surface area (Å²) in [4.78, 5) is 0. The molecule has 5 heteroatoms. The maximum atomic E-state index is 13.1. The minimum absolute atomic E-state index is 0.184. The molecule has 0 aliphatic rings. The number of rotatable bonds is 5. The minimum Gasteiger partial charge on any atom is -0.368 e. The maximum absolute atomic E-state index is 13.1. The molecule has 78 valence electrons. The third-order valence-electron chi connectivity index (χ3n) is 1.62. The zero-order chi connectivity index (χ0) is 10.4. The molecule has 0 aliphatic heterocycles. The third kappa shape index (κ3) is 3.87. The largest absolute Gasteiger partial charge is 0.368 e. The van der Waals surface area contributed by atoms with E-state index in [9.17, 15) is 4.39 Å². The summed E-state index contributed by atoms with van der Waals surface area (Å²) in [6, 6.07) is 5.15. The smallest absolute Gasteiger partial charge is 0.136 e. The summed E-state index contributed by atoms with van der Waals surface area (Å²) >= 11 is 1.96. The Bertz CT molecular complexity index is 296. The van der Waals surface area contributed by atoms with Crippen LogP contribution >= 0.6 is 22.6 Å². The zero-order valence-electron chi connectivity index (χ0n) is 7.81. The van der Waals surface area contributed by atoms with E-state index in [4.69, 9.17) is 4.74 Å². The highest BCUT2D eigenvalue weighted by molar-refractivity contribution is 14.1. The summed E-state index contributed by atoms with van der Waals surface area (Å²) in [5, 5.41) is 0. The Morgan fingerprint density at radius 3 is 2.86 bits per heavy atom. The summed E-state index contributed by atoms with van der Waals surface area (Å²) in [6.45, 7) is 0.990. The normalized spacial score (nSPS) is 10.5. The van der Waals surface area contributed by atoms with Gasteiger partial charge in [-0.05, 0) is 40.3 Å². The van der Waals surface area contributed by atoms with Crippen molar-refractivity contribution in [2.45, 2.75) is 6.54 Å². The van der Waals surface area contributed by atoms with E-state index in [0.717, 1.165) is 5.56 Å². The van der Waals surface area contributed by atoms with Gasteiger partial charge in [0.15, 0.2) is 0 Å². The van der Waals surface area contributed by atoms with Gasteiger partial charge >= 0.3 is 0 Å². The topological polar surface area (TPSA) is 33.3 Å². The lowest BCUT2D eigenvalue weighted by Gasteiger charge is -2.06. The van der Waals surface area contributed by atoms with Crippen molar-refractivity contribution in [2.75, 3.05) is 13.8 Å². The van der Waals surface area contributed by atoms with Gasteiger partial charge in [0.25, 0.3) is 0 Å². The van der Waals surface area contributed by atoms with Crippen LogP contribution in [0.4, 0.5) is 4.39 Å². The zero-order valence-corrected chi connectivity index (χ0v) is 9.97. The van der Waals surface area contributed by atoms with Crippen molar-refractivity contribution in [1.82, 2.24) is 10.9 Å². The fourth-order valence-electron chi connectivity index (χ4n) is 0.937. The van der Waals surface area contributed by atoms with Gasteiger partial charge in [-0.15, -0.1) is 0 Å². The number of methoxy groups -OCH3 is 1. The second-order valence-corrected chi connectivity index (χ2v) is 3.87. The van der Waals surface area contributed by atoms with Crippen LogP contribution in [0.5, 0.6) is 0 Å². The summed E-state index contributed by atoms with van der Waals surface area (Å²) in [7, 11) is 1.60. The standard InChI is InChI=1S/C9H12FIN2O/c1-14-6-13-12-5-7-2-3-9(11)8(10)4-7/h2-4,12-13H,5-6H2,1H3. The second kappa shape index (κ2) is 6.28. The molecule has 14 heavy (non-hydrogen) atoms. The van der Waals surface area contributed by atoms with E-state index in [1.807, 2.05) is 28.7 Å². The van der Waals surface area contributed by atoms with Crippen molar-refractivity contribution >= 4 is 22.6 Å². The molecule has 1 aromatic carbocycles. The molecular weight excluding hydrogens is 298 g/mol. The highest BCUT2D eigenvalue weighted by Crippen LogP contribution is 2.12. The summed E-state index contributed by atoms with van der Waals surface area (Å²) in [6.07, 6.45) is 0. The second-order valence-electron chi connectivity index (χ2n) is 2.71. The Morgan fingerprint density at radius 1 is 1.43 bits per heavy atom. The van der Waals surface area contributed by atoms with Crippen molar-refractivity contribution in [3.63, 3.8) is 0 Å². The average Bonchev–Trinajstić information content (AvgIpc) is 2.18. The van der Waals surface area contributed by atoms with Crippen LogP contribution in [0.1, 0.15) is 5.56 Å². The molecule has 3 nitrogen and oxygen atoms in total. The molecular formula is C9H12FIN2O. The molecule has 0 heterocycles. The number of nitrogens with one attached hydrogen (secondary N) is 2. The summed E-state index contributed by atoms with van der Waals surface area (Å²) < 4.78 is 18.5. The molecule has 0 saturated heterocycles. The molecule has 0 atom stereocenters. The monoisotopic (exact) mass is 310 g/mol. The van der Waals surface area contributed by atoms with Crippen LogP contribution in [0.15, 0.2) is 18.2 Å². The predicted molar refractivity (Wildman–Crippen MR) is 61.0 cm³/mol. The lowest BCUT2D eigenvalue weighted by atomic mass is 10.2. The Morgan fingerprint density at radius 2 is 2.21 bits per heavy atom. The molecule has 0 saturated carbocycles. The Labute approximate surface area is 96.1 Å². The van der Waals surface area contributed by atoms with Gasteiger partial charge < -0.3 is 4.74 Å². The van der Waals surface area contributed by atoms with E-state index < -0.39 is 0 Å². The van der Waals surface area contributed by atoms with E-state index in [1.165, 1.54) is 6.07 Å². The number of benzene rings is 1. The van der Waals surface area contributed by atoms with Gasteiger partial charge in [0, 0.05) is 17.2 Å². The van der Waals surface area contributed by atoms with Crippen LogP contribution in [0.25, 0.3) is 0 Å². The van der Waals surface area contributed by atoms with Crippen LogP contribution in [0, 0.1) is 9.39 Å². The first-order valence-electron chi connectivity index (χ1n) is 4.12. The number of halogens is 2. The molecule has 0 aliphatic carbocycles. The van der Waals surface area contributed by atoms with Gasteiger partial charge in [-0.3, -0.25) is 5.43 Å². The molecule has 1 rings (SSSR count). The number of hydrogen-bond donors (Lipinski definition) is 2. The van der Waals surface area contributed by atoms with Crippen LogP contribution < -0.4 is 10.9 Å².